The maximum absolute atomic E-state index is 13.3. The van der Waals surface area contributed by atoms with Gasteiger partial charge in [-0.05, 0) is 36.2 Å². The molecule has 1 aliphatic rings. The van der Waals surface area contributed by atoms with Crippen LogP contribution in [0.25, 0.3) is 0 Å². The molecule has 0 aliphatic carbocycles. The fourth-order valence-corrected chi connectivity index (χ4v) is 2.53. The molecule has 0 fully saturated rings. The number of nitrogen functional groups attached to an aromatic ring is 1. The molecule has 0 unspecified atom stereocenters. The number of rotatable bonds is 4. The molecular formula is C16H17FN2O. The summed E-state index contributed by atoms with van der Waals surface area (Å²) in [5.74, 6) is 0.509. The second-order valence-electron chi connectivity index (χ2n) is 4.90. The van der Waals surface area contributed by atoms with E-state index < -0.39 is 0 Å². The Morgan fingerprint density at radius 1 is 1.20 bits per heavy atom. The third kappa shape index (κ3) is 2.54. The number of ether oxygens (including phenoxy) is 1. The Morgan fingerprint density at radius 3 is 2.90 bits per heavy atom. The minimum absolute atomic E-state index is 0.191. The van der Waals surface area contributed by atoms with Gasteiger partial charge in [0.05, 0.1) is 12.2 Å². The van der Waals surface area contributed by atoms with E-state index in [1.165, 1.54) is 11.6 Å². The van der Waals surface area contributed by atoms with Crippen LogP contribution in [0, 0.1) is 5.82 Å². The molecule has 2 aromatic carbocycles. The number of hydrogen-bond acceptors (Lipinski definition) is 3. The van der Waals surface area contributed by atoms with Gasteiger partial charge in [0.2, 0.25) is 0 Å². The van der Waals surface area contributed by atoms with Crippen molar-refractivity contribution in [1.82, 2.24) is 0 Å². The normalized spacial score (nSPS) is 13.3. The van der Waals surface area contributed by atoms with E-state index in [0.717, 1.165) is 25.2 Å². The van der Waals surface area contributed by atoms with E-state index in [2.05, 4.69) is 4.90 Å². The highest BCUT2D eigenvalue weighted by Crippen LogP contribution is 2.28. The molecule has 1 aliphatic heterocycles. The second kappa shape index (κ2) is 5.41. The largest absolute Gasteiger partial charge is 0.490 e. The third-order valence-corrected chi connectivity index (χ3v) is 3.58. The molecule has 0 saturated carbocycles. The van der Waals surface area contributed by atoms with Gasteiger partial charge < -0.3 is 15.4 Å². The molecule has 0 amide bonds. The molecule has 104 valence electrons. The zero-order chi connectivity index (χ0) is 13.9. The Balaban J connectivity index is 1.61. The molecule has 20 heavy (non-hydrogen) atoms. The zero-order valence-electron chi connectivity index (χ0n) is 11.2. The van der Waals surface area contributed by atoms with Gasteiger partial charge in [-0.25, -0.2) is 4.39 Å². The molecule has 0 radical (unpaired) electrons. The monoisotopic (exact) mass is 272 g/mol. The summed E-state index contributed by atoms with van der Waals surface area (Å²) < 4.78 is 19.0. The summed E-state index contributed by atoms with van der Waals surface area (Å²) in [6, 6.07) is 12.4. The number of benzene rings is 2. The minimum Gasteiger partial charge on any atom is -0.490 e. The molecule has 0 bridgehead atoms. The van der Waals surface area contributed by atoms with Gasteiger partial charge in [-0.2, -0.15) is 0 Å². The number of para-hydroxylation sites is 2. The highest BCUT2D eigenvalue weighted by atomic mass is 19.1. The van der Waals surface area contributed by atoms with Gasteiger partial charge in [0.15, 0.2) is 0 Å². The first-order valence-electron chi connectivity index (χ1n) is 6.75. The quantitative estimate of drug-likeness (QED) is 0.870. The molecule has 2 aromatic rings. The van der Waals surface area contributed by atoms with Crippen molar-refractivity contribution in [1.29, 1.82) is 0 Å². The van der Waals surface area contributed by atoms with Crippen LogP contribution in [-0.4, -0.2) is 19.7 Å². The van der Waals surface area contributed by atoms with Crippen LogP contribution >= 0.6 is 0 Å². The highest BCUT2D eigenvalue weighted by molar-refractivity contribution is 5.58. The van der Waals surface area contributed by atoms with Crippen LogP contribution < -0.4 is 15.4 Å². The van der Waals surface area contributed by atoms with Crippen LogP contribution in [0.4, 0.5) is 15.8 Å². The first-order chi connectivity index (χ1) is 9.74. The van der Waals surface area contributed by atoms with E-state index in [9.17, 15) is 4.39 Å². The van der Waals surface area contributed by atoms with Gasteiger partial charge in [0.25, 0.3) is 0 Å². The molecule has 0 aromatic heterocycles. The predicted octanol–water partition coefficient (Wildman–Crippen LogP) is 2.85. The highest BCUT2D eigenvalue weighted by Gasteiger charge is 2.19. The Labute approximate surface area is 117 Å². The van der Waals surface area contributed by atoms with Crippen LogP contribution in [0.5, 0.6) is 5.75 Å². The lowest BCUT2D eigenvalue weighted by atomic mass is 10.2. The lowest BCUT2D eigenvalue weighted by molar-refractivity contribution is 0.326. The zero-order valence-corrected chi connectivity index (χ0v) is 11.2. The van der Waals surface area contributed by atoms with Crippen molar-refractivity contribution in [2.75, 3.05) is 30.3 Å². The number of nitrogens with zero attached hydrogens (tertiary/aromatic N) is 1. The summed E-state index contributed by atoms with van der Waals surface area (Å²) in [5, 5.41) is 0. The van der Waals surface area contributed by atoms with Gasteiger partial charge in [-0.3, -0.25) is 0 Å². The lowest BCUT2D eigenvalue weighted by Gasteiger charge is -2.19. The van der Waals surface area contributed by atoms with E-state index in [1.54, 1.807) is 6.07 Å². The summed E-state index contributed by atoms with van der Waals surface area (Å²) in [5.41, 5.74) is 8.64. The Bertz CT molecular complexity index is 615. The van der Waals surface area contributed by atoms with E-state index in [0.29, 0.717) is 18.0 Å². The van der Waals surface area contributed by atoms with Crippen molar-refractivity contribution in [3.05, 3.63) is 53.8 Å². The molecular weight excluding hydrogens is 255 g/mol. The van der Waals surface area contributed by atoms with Gasteiger partial charge in [-0.1, -0.05) is 18.2 Å². The topological polar surface area (TPSA) is 38.5 Å². The van der Waals surface area contributed by atoms with Crippen LogP contribution in [0.2, 0.25) is 0 Å². The third-order valence-electron chi connectivity index (χ3n) is 3.58. The lowest BCUT2D eigenvalue weighted by Crippen LogP contribution is -2.26. The Kier molecular flexibility index (Phi) is 3.46. The average molecular weight is 272 g/mol. The first kappa shape index (κ1) is 12.8. The van der Waals surface area contributed by atoms with Gasteiger partial charge >= 0.3 is 0 Å². The second-order valence-corrected chi connectivity index (χ2v) is 4.90. The van der Waals surface area contributed by atoms with E-state index in [4.69, 9.17) is 10.5 Å². The van der Waals surface area contributed by atoms with Crippen LogP contribution in [0.1, 0.15) is 5.56 Å². The maximum Gasteiger partial charge on any atom is 0.142 e. The standard InChI is InChI=1S/C16H17FN2O/c17-13-6-5-12-7-8-19(15(12)11-13)9-10-20-16-4-2-1-3-14(16)18/h1-6,11H,7-10,18H2. The fourth-order valence-electron chi connectivity index (χ4n) is 2.53. The molecule has 3 rings (SSSR count). The molecule has 0 atom stereocenters. The van der Waals surface area contributed by atoms with Crippen molar-refractivity contribution in [3.8, 4) is 5.75 Å². The first-order valence-corrected chi connectivity index (χ1v) is 6.75. The molecule has 1 heterocycles. The summed E-state index contributed by atoms with van der Waals surface area (Å²) >= 11 is 0. The number of hydrogen-bond donors (Lipinski definition) is 1. The Morgan fingerprint density at radius 2 is 2.05 bits per heavy atom. The smallest absolute Gasteiger partial charge is 0.142 e. The van der Waals surface area contributed by atoms with E-state index in [-0.39, 0.29) is 5.82 Å². The molecule has 3 nitrogen and oxygen atoms in total. The Hall–Kier alpha value is -2.23. The predicted molar refractivity (Wildman–Crippen MR) is 78.7 cm³/mol. The van der Waals surface area contributed by atoms with Crippen LogP contribution in [-0.2, 0) is 6.42 Å². The minimum atomic E-state index is -0.191. The summed E-state index contributed by atoms with van der Waals surface area (Å²) in [6.07, 6.45) is 0.961. The number of fused-ring (bicyclic) bond motifs is 1. The number of anilines is 2. The molecule has 2 N–H and O–H groups in total. The molecule has 0 saturated heterocycles. The van der Waals surface area contributed by atoms with Crippen molar-refractivity contribution in [3.63, 3.8) is 0 Å². The van der Waals surface area contributed by atoms with E-state index >= 15 is 0 Å². The maximum atomic E-state index is 13.3. The van der Waals surface area contributed by atoms with Crippen molar-refractivity contribution in [2.24, 2.45) is 0 Å². The van der Waals surface area contributed by atoms with E-state index in [1.807, 2.05) is 30.3 Å². The number of halogens is 1. The summed E-state index contributed by atoms with van der Waals surface area (Å²) in [6.45, 7) is 2.17. The van der Waals surface area contributed by atoms with Crippen molar-refractivity contribution in [2.45, 2.75) is 6.42 Å². The number of nitrogens with two attached hydrogens (primary N) is 1. The van der Waals surface area contributed by atoms with Gasteiger partial charge in [0.1, 0.15) is 18.2 Å². The van der Waals surface area contributed by atoms with Crippen LogP contribution in [0.3, 0.4) is 0 Å². The van der Waals surface area contributed by atoms with Crippen LogP contribution in [0.15, 0.2) is 42.5 Å². The SMILES string of the molecule is Nc1ccccc1OCCN1CCc2ccc(F)cc21. The van der Waals surface area contributed by atoms with Gasteiger partial charge in [0, 0.05) is 12.2 Å². The molecule has 4 heteroatoms. The summed E-state index contributed by atoms with van der Waals surface area (Å²) in [7, 11) is 0. The molecule has 0 spiro atoms. The fraction of sp³-hybridized carbons (Fsp3) is 0.250. The average Bonchev–Trinajstić information content (AvgIpc) is 2.83. The van der Waals surface area contributed by atoms with Crippen molar-refractivity contribution >= 4 is 11.4 Å². The van der Waals surface area contributed by atoms with Crippen molar-refractivity contribution < 1.29 is 9.13 Å². The van der Waals surface area contributed by atoms with Gasteiger partial charge in [-0.15, -0.1) is 0 Å². The summed E-state index contributed by atoms with van der Waals surface area (Å²) in [4.78, 5) is 2.15.